The lowest BCUT2D eigenvalue weighted by atomic mass is 10.1. The van der Waals surface area contributed by atoms with Crippen LogP contribution >= 0.6 is 23.4 Å². The molecule has 1 N–H and O–H groups in total. The molecule has 2 amide bonds. The van der Waals surface area contributed by atoms with Crippen LogP contribution in [0.15, 0.2) is 48.5 Å². The number of hydrogen-bond donors (Lipinski definition) is 1. The molecule has 0 unspecified atom stereocenters. The maximum Gasteiger partial charge on any atom is 0.239 e. The van der Waals surface area contributed by atoms with E-state index >= 15 is 0 Å². The minimum atomic E-state index is -0.240. The molecule has 0 aliphatic carbocycles. The van der Waals surface area contributed by atoms with Gasteiger partial charge >= 0.3 is 0 Å². The summed E-state index contributed by atoms with van der Waals surface area (Å²) in [7, 11) is 0. The summed E-state index contributed by atoms with van der Waals surface area (Å²) >= 11 is 7.10. The van der Waals surface area contributed by atoms with E-state index < -0.39 is 0 Å². The second-order valence-corrected chi connectivity index (χ2v) is 6.91. The van der Waals surface area contributed by atoms with Crippen LogP contribution in [-0.2, 0) is 9.59 Å². The van der Waals surface area contributed by atoms with Gasteiger partial charge in [0, 0.05) is 11.4 Å². The number of nitrogens with zero attached hydrogens (tertiary/aromatic N) is 1. The number of halogens is 1. The van der Waals surface area contributed by atoms with Gasteiger partial charge in [-0.1, -0.05) is 24.3 Å². The zero-order valence-electron chi connectivity index (χ0n) is 13.2. The Hall–Kier alpha value is -1.98. The van der Waals surface area contributed by atoms with Crippen LogP contribution in [0.1, 0.15) is 16.5 Å². The fourth-order valence-corrected chi connectivity index (χ4v) is 3.90. The van der Waals surface area contributed by atoms with E-state index in [9.17, 15) is 9.59 Å². The van der Waals surface area contributed by atoms with Crippen LogP contribution in [-0.4, -0.2) is 23.4 Å². The van der Waals surface area contributed by atoms with Crippen molar-refractivity contribution in [3.05, 3.63) is 59.7 Å². The van der Waals surface area contributed by atoms with Crippen molar-refractivity contribution in [2.45, 2.75) is 12.3 Å². The third kappa shape index (κ3) is 3.57. The van der Waals surface area contributed by atoms with Gasteiger partial charge in [0.05, 0.1) is 5.75 Å². The van der Waals surface area contributed by atoms with Crippen molar-refractivity contribution in [1.29, 1.82) is 0 Å². The van der Waals surface area contributed by atoms with Crippen molar-refractivity contribution in [2.75, 3.05) is 21.8 Å². The van der Waals surface area contributed by atoms with Gasteiger partial charge < -0.3 is 5.32 Å². The number of alkyl halides is 1. The highest BCUT2D eigenvalue weighted by atomic mass is 35.5. The molecule has 124 valence electrons. The van der Waals surface area contributed by atoms with Gasteiger partial charge in [-0.25, -0.2) is 0 Å². The highest BCUT2D eigenvalue weighted by Crippen LogP contribution is 2.42. The van der Waals surface area contributed by atoms with Crippen molar-refractivity contribution in [2.24, 2.45) is 0 Å². The van der Waals surface area contributed by atoms with E-state index in [0.717, 1.165) is 16.8 Å². The molecule has 0 bridgehead atoms. The third-order valence-electron chi connectivity index (χ3n) is 3.75. The molecule has 0 radical (unpaired) electrons. The molecular weight excluding hydrogens is 344 g/mol. The van der Waals surface area contributed by atoms with E-state index in [-0.39, 0.29) is 23.1 Å². The first-order valence-corrected chi connectivity index (χ1v) is 9.13. The van der Waals surface area contributed by atoms with Crippen LogP contribution in [0.2, 0.25) is 0 Å². The van der Waals surface area contributed by atoms with Gasteiger partial charge in [0.15, 0.2) is 0 Å². The Morgan fingerprint density at radius 1 is 1.29 bits per heavy atom. The fourth-order valence-electron chi connectivity index (χ4n) is 2.65. The van der Waals surface area contributed by atoms with Gasteiger partial charge in [-0.15, -0.1) is 23.4 Å². The molecule has 1 heterocycles. The van der Waals surface area contributed by atoms with Gasteiger partial charge in [-0.05, 0) is 42.3 Å². The van der Waals surface area contributed by atoms with E-state index in [1.165, 1.54) is 0 Å². The lowest BCUT2D eigenvalue weighted by molar-refractivity contribution is -0.116. The number of hydrogen-bond acceptors (Lipinski definition) is 3. The number of amides is 2. The maximum absolute atomic E-state index is 12.4. The predicted molar refractivity (Wildman–Crippen MR) is 99.7 cm³/mol. The lowest BCUT2D eigenvalue weighted by Crippen LogP contribution is -2.27. The average Bonchev–Trinajstić information content (AvgIpc) is 2.97. The Labute approximate surface area is 150 Å². The minimum absolute atomic E-state index is 0.0583. The molecular formula is C18H17ClN2O2S. The van der Waals surface area contributed by atoms with Crippen molar-refractivity contribution in [3.63, 3.8) is 0 Å². The van der Waals surface area contributed by atoms with E-state index in [1.54, 1.807) is 11.8 Å². The molecule has 3 rings (SSSR count). The number of carbonyl (C=O) groups is 2. The minimum Gasteiger partial charge on any atom is -0.325 e. The number of thioether (sulfide) groups is 1. The van der Waals surface area contributed by atoms with Gasteiger partial charge in [-0.3, -0.25) is 14.5 Å². The molecule has 1 saturated heterocycles. The number of benzene rings is 2. The summed E-state index contributed by atoms with van der Waals surface area (Å²) in [6.45, 7) is 2.01. The third-order valence-corrected chi connectivity index (χ3v) is 5.20. The molecule has 1 atom stereocenters. The molecule has 0 spiro atoms. The molecule has 1 aliphatic heterocycles. The SMILES string of the molecule is Cc1cccc(N2C(=O)CS[C@@H]2c2ccc(NC(=O)CCl)cc2)c1. The first kappa shape index (κ1) is 16.9. The first-order chi connectivity index (χ1) is 11.6. The van der Waals surface area contributed by atoms with Crippen LogP contribution in [0.25, 0.3) is 0 Å². The zero-order valence-corrected chi connectivity index (χ0v) is 14.7. The van der Waals surface area contributed by atoms with Crippen molar-refractivity contribution < 1.29 is 9.59 Å². The number of aryl methyl sites for hydroxylation is 1. The van der Waals surface area contributed by atoms with Gasteiger partial charge in [0.2, 0.25) is 11.8 Å². The van der Waals surface area contributed by atoms with Crippen LogP contribution in [0.4, 0.5) is 11.4 Å². The monoisotopic (exact) mass is 360 g/mol. The molecule has 1 aliphatic rings. The van der Waals surface area contributed by atoms with Gasteiger partial charge in [0.25, 0.3) is 0 Å². The molecule has 0 aromatic heterocycles. The normalized spacial score (nSPS) is 17.2. The number of rotatable bonds is 4. The standard InChI is InChI=1S/C18H17ClN2O2S/c1-12-3-2-4-15(9-12)21-17(23)11-24-18(21)13-5-7-14(8-6-13)20-16(22)10-19/h2-9,18H,10-11H2,1H3,(H,20,22)/t18-/m1/s1. The maximum atomic E-state index is 12.4. The predicted octanol–water partition coefficient (Wildman–Crippen LogP) is 3.95. The lowest BCUT2D eigenvalue weighted by Gasteiger charge is -2.25. The number of anilines is 2. The smallest absolute Gasteiger partial charge is 0.239 e. The van der Waals surface area contributed by atoms with Gasteiger partial charge in [0.1, 0.15) is 11.3 Å². The molecule has 6 heteroatoms. The van der Waals surface area contributed by atoms with Crippen molar-refractivity contribution in [1.82, 2.24) is 0 Å². The summed E-state index contributed by atoms with van der Waals surface area (Å²) in [6.07, 6.45) is 0. The van der Waals surface area contributed by atoms with Gasteiger partial charge in [-0.2, -0.15) is 0 Å². The molecule has 0 saturated carbocycles. The highest BCUT2D eigenvalue weighted by molar-refractivity contribution is 8.00. The van der Waals surface area contributed by atoms with E-state index in [2.05, 4.69) is 5.32 Å². The topological polar surface area (TPSA) is 49.4 Å². The van der Waals surface area contributed by atoms with E-state index in [0.29, 0.717) is 11.4 Å². The van der Waals surface area contributed by atoms with Crippen LogP contribution in [0.5, 0.6) is 0 Å². The zero-order chi connectivity index (χ0) is 17.1. The van der Waals surface area contributed by atoms with Crippen LogP contribution in [0.3, 0.4) is 0 Å². The van der Waals surface area contributed by atoms with E-state index in [1.807, 2.05) is 60.4 Å². The molecule has 4 nitrogen and oxygen atoms in total. The largest absolute Gasteiger partial charge is 0.325 e. The highest BCUT2D eigenvalue weighted by Gasteiger charge is 2.33. The fraction of sp³-hybridized carbons (Fsp3) is 0.222. The average molecular weight is 361 g/mol. The quantitative estimate of drug-likeness (QED) is 0.840. The van der Waals surface area contributed by atoms with Crippen molar-refractivity contribution >= 4 is 46.6 Å². The van der Waals surface area contributed by atoms with Crippen LogP contribution < -0.4 is 10.2 Å². The van der Waals surface area contributed by atoms with Crippen LogP contribution in [0, 0.1) is 6.92 Å². The molecule has 1 fully saturated rings. The Kier molecular flexibility index (Phi) is 5.11. The van der Waals surface area contributed by atoms with Crippen molar-refractivity contribution in [3.8, 4) is 0 Å². The Balaban J connectivity index is 1.85. The summed E-state index contributed by atoms with van der Waals surface area (Å²) in [6, 6.07) is 15.5. The summed E-state index contributed by atoms with van der Waals surface area (Å²) < 4.78 is 0. The Morgan fingerprint density at radius 2 is 2.04 bits per heavy atom. The number of nitrogens with one attached hydrogen (secondary N) is 1. The second-order valence-electron chi connectivity index (χ2n) is 5.57. The molecule has 2 aromatic carbocycles. The molecule has 2 aromatic rings. The number of carbonyl (C=O) groups excluding carboxylic acids is 2. The molecule has 24 heavy (non-hydrogen) atoms. The summed E-state index contributed by atoms with van der Waals surface area (Å²) in [5.74, 6) is 0.255. The Morgan fingerprint density at radius 3 is 2.71 bits per heavy atom. The second kappa shape index (κ2) is 7.28. The summed E-state index contributed by atoms with van der Waals surface area (Å²) in [4.78, 5) is 25.5. The Bertz CT molecular complexity index is 764. The first-order valence-electron chi connectivity index (χ1n) is 7.54. The summed E-state index contributed by atoms with van der Waals surface area (Å²) in [5, 5.41) is 2.65. The van der Waals surface area contributed by atoms with E-state index in [4.69, 9.17) is 11.6 Å². The summed E-state index contributed by atoms with van der Waals surface area (Å²) in [5.41, 5.74) is 3.75.